The van der Waals surface area contributed by atoms with E-state index in [1.54, 1.807) is 7.11 Å². The van der Waals surface area contributed by atoms with Gasteiger partial charge in [0.1, 0.15) is 12.4 Å². The third-order valence-electron chi connectivity index (χ3n) is 2.48. The number of carbonyl (C=O) groups excluding carboxylic acids is 1. The summed E-state index contributed by atoms with van der Waals surface area (Å²) in [6.07, 6.45) is 2.60. The molecule has 0 unspecified atom stereocenters. The van der Waals surface area contributed by atoms with Crippen LogP contribution >= 0.6 is 0 Å². The molecule has 0 N–H and O–H groups in total. The Balaban J connectivity index is 2.37. The van der Waals surface area contributed by atoms with E-state index in [2.05, 4.69) is 6.92 Å². The molecule has 82 valence electrons. The molecule has 2 atom stereocenters. The Morgan fingerprint density at radius 1 is 1.64 bits per heavy atom. The molecule has 0 spiro atoms. The highest BCUT2D eigenvalue weighted by atomic mass is 16.7. The molecule has 4 nitrogen and oxygen atoms in total. The van der Waals surface area contributed by atoms with Gasteiger partial charge in [0.2, 0.25) is 0 Å². The van der Waals surface area contributed by atoms with Gasteiger partial charge >= 0.3 is 0 Å². The Kier molecular flexibility index (Phi) is 4.51. The van der Waals surface area contributed by atoms with E-state index in [-0.39, 0.29) is 13.4 Å². The molecular weight excluding hydrogens is 184 g/mol. The molecule has 14 heavy (non-hydrogen) atoms. The third-order valence-corrected chi connectivity index (χ3v) is 2.48. The number of ether oxygens (including phenoxy) is 3. The molecule has 0 bridgehead atoms. The Morgan fingerprint density at radius 3 is 2.93 bits per heavy atom. The zero-order chi connectivity index (χ0) is 10.4. The molecule has 1 fully saturated rings. The van der Waals surface area contributed by atoms with Gasteiger partial charge in [-0.05, 0) is 18.8 Å². The second-order valence-electron chi connectivity index (χ2n) is 3.89. The first-order valence-electron chi connectivity index (χ1n) is 4.89. The predicted molar refractivity (Wildman–Crippen MR) is 51.0 cm³/mol. The number of hydrogen-bond acceptors (Lipinski definition) is 4. The van der Waals surface area contributed by atoms with Crippen LogP contribution in [0.2, 0.25) is 0 Å². The van der Waals surface area contributed by atoms with Gasteiger partial charge in [-0.3, -0.25) is 0 Å². The minimum Gasteiger partial charge on any atom is -0.365 e. The van der Waals surface area contributed by atoms with Crippen LogP contribution in [0.3, 0.4) is 0 Å². The van der Waals surface area contributed by atoms with Crippen molar-refractivity contribution in [3.05, 3.63) is 0 Å². The van der Waals surface area contributed by atoms with Crippen molar-refractivity contribution in [3.8, 4) is 0 Å². The predicted octanol–water partition coefficient (Wildman–Crippen LogP) is 0.991. The first-order chi connectivity index (χ1) is 6.72. The number of methoxy groups -OCH3 is 1. The maximum Gasteiger partial charge on any atom is 0.154 e. The van der Waals surface area contributed by atoms with E-state index in [9.17, 15) is 4.79 Å². The Morgan fingerprint density at radius 2 is 2.43 bits per heavy atom. The van der Waals surface area contributed by atoms with Crippen LogP contribution in [-0.4, -0.2) is 39.0 Å². The fraction of sp³-hybridized carbons (Fsp3) is 0.900. The molecule has 1 saturated heterocycles. The van der Waals surface area contributed by atoms with Crippen LogP contribution in [-0.2, 0) is 19.0 Å². The summed E-state index contributed by atoms with van der Waals surface area (Å²) in [5.74, 6) is 0.533. The second kappa shape index (κ2) is 5.44. The summed E-state index contributed by atoms with van der Waals surface area (Å²) in [7, 11) is 1.55. The lowest BCUT2D eigenvalue weighted by molar-refractivity contribution is -0.165. The maximum atomic E-state index is 10.9. The molecule has 0 aromatic rings. The summed E-state index contributed by atoms with van der Waals surface area (Å²) in [5.41, 5.74) is -0.731. The molecule has 0 saturated carbocycles. The number of rotatable bonds is 5. The molecule has 1 heterocycles. The van der Waals surface area contributed by atoms with Gasteiger partial charge in [-0.15, -0.1) is 0 Å². The van der Waals surface area contributed by atoms with Crippen LogP contribution in [0.4, 0.5) is 0 Å². The lowest BCUT2D eigenvalue weighted by Crippen LogP contribution is -2.44. The first-order valence-corrected chi connectivity index (χ1v) is 4.89. The largest absolute Gasteiger partial charge is 0.365 e. The van der Waals surface area contributed by atoms with Crippen LogP contribution in [0.15, 0.2) is 0 Å². The minimum atomic E-state index is -0.731. The zero-order valence-corrected chi connectivity index (χ0v) is 8.82. The topological polar surface area (TPSA) is 44.8 Å². The van der Waals surface area contributed by atoms with Gasteiger partial charge in [-0.25, -0.2) is 0 Å². The lowest BCUT2D eigenvalue weighted by Gasteiger charge is -2.34. The van der Waals surface area contributed by atoms with Crippen molar-refractivity contribution in [2.24, 2.45) is 5.92 Å². The highest BCUT2D eigenvalue weighted by molar-refractivity contribution is 5.62. The second-order valence-corrected chi connectivity index (χ2v) is 3.89. The summed E-state index contributed by atoms with van der Waals surface area (Å²) in [6, 6.07) is 0. The van der Waals surface area contributed by atoms with Crippen LogP contribution in [0, 0.1) is 5.92 Å². The van der Waals surface area contributed by atoms with Gasteiger partial charge in [0.25, 0.3) is 0 Å². The molecule has 0 aromatic carbocycles. The van der Waals surface area contributed by atoms with Crippen molar-refractivity contribution >= 4 is 6.29 Å². The van der Waals surface area contributed by atoms with Crippen LogP contribution in [0.1, 0.15) is 19.8 Å². The normalized spacial score (nSPS) is 32.9. The molecule has 0 aromatic heterocycles. The van der Waals surface area contributed by atoms with Gasteiger partial charge < -0.3 is 19.0 Å². The summed E-state index contributed by atoms with van der Waals surface area (Å²) in [4.78, 5) is 10.9. The number of carbonyl (C=O) groups is 1. The van der Waals surface area contributed by atoms with E-state index in [4.69, 9.17) is 14.2 Å². The maximum absolute atomic E-state index is 10.9. The van der Waals surface area contributed by atoms with Crippen molar-refractivity contribution in [1.82, 2.24) is 0 Å². The van der Waals surface area contributed by atoms with Crippen molar-refractivity contribution in [3.63, 3.8) is 0 Å². The van der Waals surface area contributed by atoms with E-state index < -0.39 is 5.60 Å². The molecule has 4 heteroatoms. The summed E-state index contributed by atoms with van der Waals surface area (Å²) in [5, 5.41) is 0. The highest BCUT2D eigenvalue weighted by Gasteiger charge is 2.35. The lowest BCUT2D eigenvalue weighted by atomic mass is 9.91. The quantitative estimate of drug-likeness (QED) is 0.379. The van der Waals surface area contributed by atoms with E-state index in [1.807, 2.05) is 0 Å². The SMILES string of the molecule is COCOC[C@]1(C=O)CC[C@@H](C)CO1. The average molecular weight is 202 g/mol. The molecule has 1 rings (SSSR count). The third kappa shape index (κ3) is 3.04. The standard InChI is InChI=1S/C10H18O4/c1-9-3-4-10(6-11,14-5-9)7-13-8-12-2/h6,9H,3-5,7-8H2,1-2H3/t9-,10-/m1/s1. The molecule has 0 radical (unpaired) electrons. The van der Waals surface area contributed by atoms with Crippen molar-refractivity contribution in [2.75, 3.05) is 27.1 Å². The Hall–Kier alpha value is -0.450. The van der Waals surface area contributed by atoms with Gasteiger partial charge in [0.05, 0.1) is 13.2 Å². The van der Waals surface area contributed by atoms with Crippen molar-refractivity contribution in [2.45, 2.75) is 25.4 Å². The van der Waals surface area contributed by atoms with E-state index in [0.717, 1.165) is 19.1 Å². The fourth-order valence-electron chi connectivity index (χ4n) is 1.49. The van der Waals surface area contributed by atoms with Crippen LogP contribution in [0.25, 0.3) is 0 Å². The average Bonchev–Trinajstić information content (AvgIpc) is 2.22. The summed E-state index contributed by atoms with van der Waals surface area (Å²) < 4.78 is 15.4. The minimum absolute atomic E-state index is 0.203. The van der Waals surface area contributed by atoms with Gasteiger partial charge in [0, 0.05) is 7.11 Å². The summed E-state index contributed by atoms with van der Waals surface area (Å²) >= 11 is 0. The molecule has 0 aliphatic carbocycles. The van der Waals surface area contributed by atoms with Gasteiger partial charge in [-0.2, -0.15) is 0 Å². The fourth-order valence-corrected chi connectivity index (χ4v) is 1.49. The van der Waals surface area contributed by atoms with E-state index in [1.165, 1.54) is 0 Å². The molecular formula is C10H18O4. The smallest absolute Gasteiger partial charge is 0.154 e. The van der Waals surface area contributed by atoms with Crippen molar-refractivity contribution < 1.29 is 19.0 Å². The van der Waals surface area contributed by atoms with Crippen LogP contribution in [0.5, 0.6) is 0 Å². The van der Waals surface area contributed by atoms with Gasteiger partial charge in [-0.1, -0.05) is 6.92 Å². The Bertz CT molecular complexity index is 173. The number of aldehydes is 1. The first kappa shape index (κ1) is 11.6. The summed E-state index contributed by atoms with van der Waals surface area (Å²) in [6.45, 7) is 3.24. The molecule has 1 aliphatic heterocycles. The highest BCUT2D eigenvalue weighted by Crippen LogP contribution is 2.26. The Labute approximate surface area is 84.5 Å². The van der Waals surface area contributed by atoms with Gasteiger partial charge in [0.15, 0.2) is 6.29 Å². The molecule has 0 amide bonds. The van der Waals surface area contributed by atoms with Crippen molar-refractivity contribution in [1.29, 1.82) is 0 Å². The van der Waals surface area contributed by atoms with E-state index >= 15 is 0 Å². The van der Waals surface area contributed by atoms with E-state index in [0.29, 0.717) is 12.5 Å². The monoisotopic (exact) mass is 202 g/mol. The molecule has 1 aliphatic rings. The number of hydrogen-bond donors (Lipinski definition) is 0. The zero-order valence-electron chi connectivity index (χ0n) is 8.82. The van der Waals surface area contributed by atoms with Crippen LogP contribution < -0.4 is 0 Å².